The Morgan fingerprint density at radius 3 is 2.61 bits per heavy atom. The van der Waals surface area contributed by atoms with E-state index in [-0.39, 0.29) is 25.5 Å². The molecule has 1 amide bonds. The average Bonchev–Trinajstić information content (AvgIpc) is 2.19. The Balaban J connectivity index is 3.69. The molecule has 0 aliphatic rings. The third-order valence-electron chi connectivity index (χ3n) is 2.04. The quantitative estimate of drug-likeness (QED) is 0.582. The van der Waals surface area contributed by atoms with Gasteiger partial charge < -0.3 is 20.1 Å². The monoisotopic (exact) mass is 268 g/mol. The van der Waals surface area contributed by atoms with E-state index in [0.717, 1.165) is 0 Å². The van der Waals surface area contributed by atoms with Crippen LogP contribution in [0.4, 0.5) is 8.78 Å². The van der Waals surface area contributed by atoms with E-state index in [1.807, 2.05) is 14.1 Å². The van der Waals surface area contributed by atoms with Crippen molar-refractivity contribution in [2.75, 3.05) is 40.4 Å². The molecule has 1 atom stereocenters. The molecule has 0 aromatic heterocycles. The van der Waals surface area contributed by atoms with Gasteiger partial charge in [0.1, 0.15) is 6.61 Å². The Morgan fingerprint density at radius 2 is 2.11 bits per heavy atom. The summed E-state index contributed by atoms with van der Waals surface area (Å²) in [6.07, 6.45) is -2.51. The number of likely N-dealkylation sites (N-methyl/N-ethyl adjacent to an activating group) is 1. The van der Waals surface area contributed by atoms with E-state index in [1.165, 1.54) is 0 Å². The van der Waals surface area contributed by atoms with Crippen LogP contribution in [-0.2, 0) is 9.53 Å². The molecule has 5 nitrogen and oxygen atoms in total. The second-order valence-electron chi connectivity index (χ2n) is 4.73. The van der Waals surface area contributed by atoms with Crippen molar-refractivity contribution in [3.63, 3.8) is 0 Å². The predicted octanol–water partition coefficient (Wildman–Crippen LogP) is 0.0870. The zero-order valence-corrected chi connectivity index (χ0v) is 11.1. The van der Waals surface area contributed by atoms with Gasteiger partial charge in [-0.1, -0.05) is 0 Å². The van der Waals surface area contributed by atoms with Gasteiger partial charge in [-0.2, -0.15) is 0 Å². The lowest BCUT2D eigenvalue weighted by Gasteiger charge is -2.27. The maximum atomic E-state index is 11.7. The molecule has 0 saturated heterocycles. The van der Waals surface area contributed by atoms with Gasteiger partial charge in [0.2, 0.25) is 5.91 Å². The highest BCUT2D eigenvalue weighted by Gasteiger charge is 2.21. The predicted molar refractivity (Wildman–Crippen MR) is 63.6 cm³/mol. The Bertz CT molecular complexity index is 248. The fraction of sp³-hybridized carbons (Fsp3) is 0.909. The van der Waals surface area contributed by atoms with Crippen LogP contribution in [0, 0.1) is 0 Å². The molecule has 0 radical (unpaired) electrons. The van der Waals surface area contributed by atoms with Crippen molar-refractivity contribution >= 4 is 5.91 Å². The number of amides is 1. The molecule has 0 spiro atoms. The summed E-state index contributed by atoms with van der Waals surface area (Å²) >= 11 is 0. The number of ether oxygens (including phenoxy) is 1. The number of nitrogens with one attached hydrogen (secondary N) is 1. The standard InChI is InChI=1S/C11H22F2N2O3/c1-11(17,8-15(2)3)7-14-10(16)4-5-18-6-9(12)13/h9,17H,4-8H2,1-3H3,(H,14,16). The Morgan fingerprint density at radius 1 is 1.50 bits per heavy atom. The van der Waals surface area contributed by atoms with Crippen LogP contribution in [0.2, 0.25) is 0 Å². The summed E-state index contributed by atoms with van der Waals surface area (Å²) in [7, 11) is 3.63. The second kappa shape index (κ2) is 8.34. The summed E-state index contributed by atoms with van der Waals surface area (Å²) < 4.78 is 28.0. The second-order valence-corrected chi connectivity index (χ2v) is 4.73. The lowest BCUT2D eigenvalue weighted by atomic mass is 10.1. The van der Waals surface area contributed by atoms with Crippen molar-refractivity contribution in [3.05, 3.63) is 0 Å². The number of carbonyl (C=O) groups is 1. The molecule has 1 unspecified atom stereocenters. The molecule has 2 N–H and O–H groups in total. The summed E-state index contributed by atoms with van der Waals surface area (Å²) in [5.74, 6) is -0.330. The maximum Gasteiger partial charge on any atom is 0.261 e. The van der Waals surface area contributed by atoms with Gasteiger partial charge in [0.15, 0.2) is 0 Å². The molecular formula is C11H22F2N2O3. The smallest absolute Gasteiger partial charge is 0.261 e. The molecule has 7 heteroatoms. The minimum Gasteiger partial charge on any atom is -0.387 e. The molecule has 0 saturated carbocycles. The molecule has 0 rings (SSSR count). The SMILES string of the molecule is CN(C)CC(C)(O)CNC(=O)CCOCC(F)F. The van der Waals surface area contributed by atoms with Gasteiger partial charge in [0, 0.05) is 19.5 Å². The van der Waals surface area contributed by atoms with Crippen LogP contribution < -0.4 is 5.32 Å². The molecule has 0 aromatic rings. The van der Waals surface area contributed by atoms with Crippen molar-refractivity contribution in [2.45, 2.75) is 25.4 Å². The Kier molecular flexibility index (Phi) is 7.97. The van der Waals surface area contributed by atoms with Crippen molar-refractivity contribution in [1.29, 1.82) is 0 Å². The first kappa shape index (κ1) is 17.2. The van der Waals surface area contributed by atoms with Gasteiger partial charge in [-0.25, -0.2) is 8.78 Å². The lowest BCUT2D eigenvalue weighted by Crippen LogP contribution is -2.47. The van der Waals surface area contributed by atoms with E-state index < -0.39 is 18.6 Å². The fourth-order valence-corrected chi connectivity index (χ4v) is 1.45. The van der Waals surface area contributed by atoms with Crippen LogP contribution in [-0.4, -0.2) is 68.3 Å². The summed E-state index contributed by atoms with van der Waals surface area (Å²) in [6, 6.07) is 0. The summed E-state index contributed by atoms with van der Waals surface area (Å²) in [5, 5.41) is 12.4. The topological polar surface area (TPSA) is 61.8 Å². The molecule has 0 bridgehead atoms. The number of nitrogens with zero attached hydrogens (tertiary/aromatic N) is 1. The van der Waals surface area contributed by atoms with Crippen molar-refractivity contribution < 1.29 is 23.4 Å². The van der Waals surface area contributed by atoms with Gasteiger partial charge >= 0.3 is 0 Å². The molecule has 0 aromatic carbocycles. The highest BCUT2D eigenvalue weighted by atomic mass is 19.3. The third kappa shape index (κ3) is 10.4. The number of hydrogen-bond acceptors (Lipinski definition) is 4. The van der Waals surface area contributed by atoms with Crippen LogP contribution in [0.1, 0.15) is 13.3 Å². The van der Waals surface area contributed by atoms with E-state index in [2.05, 4.69) is 10.1 Å². The third-order valence-corrected chi connectivity index (χ3v) is 2.04. The van der Waals surface area contributed by atoms with Gasteiger partial charge in [0.05, 0.1) is 12.2 Å². The Hall–Kier alpha value is -0.790. The minimum absolute atomic E-state index is 0.00473. The fourth-order valence-electron chi connectivity index (χ4n) is 1.45. The first-order chi connectivity index (χ1) is 8.23. The molecule has 108 valence electrons. The highest BCUT2D eigenvalue weighted by Crippen LogP contribution is 2.02. The molecule has 0 fully saturated rings. The zero-order valence-electron chi connectivity index (χ0n) is 11.1. The first-order valence-corrected chi connectivity index (χ1v) is 5.72. The van der Waals surface area contributed by atoms with E-state index in [0.29, 0.717) is 6.54 Å². The molecule has 0 aliphatic carbocycles. The summed E-state index contributed by atoms with van der Waals surface area (Å²) in [4.78, 5) is 13.1. The van der Waals surface area contributed by atoms with Crippen LogP contribution >= 0.6 is 0 Å². The first-order valence-electron chi connectivity index (χ1n) is 5.72. The highest BCUT2D eigenvalue weighted by molar-refractivity contribution is 5.76. The number of carbonyl (C=O) groups excluding carboxylic acids is 1. The van der Waals surface area contributed by atoms with Gasteiger partial charge in [-0.05, 0) is 21.0 Å². The number of hydrogen-bond donors (Lipinski definition) is 2. The number of halogens is 2. The molecular weight excluding hydrogens is 246 g/mol. The normalized spacial score (nSPS) is 14.9. The van der Waals surface area contributed by atoms with E-state index in [1.54, 1.807) is 11.8 Å². The van der Waals surface area contributed by atoms with Crippen molar-refractivity contribution in [1.82, 2.24) is 10.2 Å². The average molecular weight is 268 g/mol. The largest absolute Gasteiger partial charge is 0.387 e. The minimum atomic E-state index is -2.52. The summed E-state index contributed by atoms with van der Waals surface area (Å²) in [6.45, 7) is 1.42. The van der Waals surface area contributed by atoms with Crippen LogP contribution in [0.3, 0.4) is 0 Å². The van der Waals surface area contributed by atoms with Gasteiger partial charge in [-0.15, -0.1) is 0 Å². The Labute approximate surface area is 106 Å². The van der Waals surface area contributed by atoms with E-state index in [4.69, 9.17) is 0 Å². The maximum absolute atomic E-state index is 11.7. The molecule has 0 heterocycles. The number of alkyl halides is 2. The molecule has 0 aliphatic heterocycles. The zero-order chi connectivity index (χ0) is 14.2. The van der Waals surface area contributed by atoms with Crippen molar-refractivity contribution in [2.24, 2.45) is 0 Å². The van der Waals surface area contributed by atoms with E-state index >= 15 is 0 Å². The summed E-state index contributed by atoms with van der Waals surface area (Å²) in [5.41, 5.74) is -1.02. The number of aliphatic hydroxyl groups is 1. The van der Waals surface area contributed by atoms with Gasteiger partial charge in [-0.3, -0.25) is 4.79 Å². The number of rotatable bonds is 9. The van der Waals surface area contributed by atoms with Crippen molar-refractivity contribution in [3.8, 4) is 0 Å². The van der Waals surface area contributed by atoms with Crippen LogP contribution in [0.5, 0.6) is 0 Å². The van der Waals surface area contributed by atoms with Crippen LogP contribution in [0.25, 0.3) is 0 Å². The molecule has 18 heavy (non-hydrogen) atoms. The van der Waals surface area contributed by atoms with Crippen LogP contribution in [0.15, 0.2) is 0 Å². The van der Waals surface area contributed by atoms with Gasteiger partial charge in [0.25, 0.3) is 6.43 Å². The lowest BCUT2D eigenvalue weighted by molar-refractivity contribution is -0.123. The van der Waals surface area contributed by atoms with E-state index in [9.17, 15) is 18.7 Å².